The number of nitrogens with one attached hydrogen (secondary N) is 2. The smallest absolute Gasteiger partial charge is 0.341 e. The molecular weight excluding hydrogens is 354 g/mol. The predicted octanol–water partition coefficient (Wildman–Crippen LogP) is 0.106. The van der Waals surface area contributed by atoms with E-state index in [9.17, 15) is 22.0 Å². The maximum atomic E-state index is 12.5. The van der Waals surface area contributed by atoms with Gasteiger partial charge < -0.3 is 15.0 Å². The molecule has 140 valence electrons. The van der Waals surface area contributed by atoms with Gasteiger partial charge in [-0.3, -0.25) is 4.79 Å². The van der Waals surface area contributed by atoms with Crippen LogP contribution in [0.2, 0.25) is 0 Å². The zero-order valence-electron chi connectivity index (χ0n) is 14.2. The monoisotopic (exact) mass is 377 g/mol. The Labute approximate surface area is 146 Å². The molecule has 1 saturated heterocycles. The van der Waals surface area contributed by atoms with Crippen molar-refractivity contribution in [2.24, 2.45) is 0 Å². The Balaban J connectivity index is 1.99. The first kappa shape index (κ1) is 19.7. The van der Waals surface area contributed by atoms with Crippen LogP contribution in [0.5, 0.6) is 0 Å². The van der Waals surface area contributed by atoms with Crippen molar-refractivity contribution >= 4 is 15.7 Å². The van der Waals surface area contributed by atoms with Crippen LogP contribution in [-0.4, -0.2) is 58.5 Å². The van der Waals surface area contributed by atoms with Gasteiger partial charge in [0.05, 0.1) is 24.7 Å². The average Bonchev–Trinajstić information content (AvgIpc) is 2.60. The summed E-state index contributed by atoms with van der Waals surface area (Å²) < 4.78 is 53.1. The molecule has 0 spiro atoms. The van der Waals surface area contributed by atoms with Crippen molar-refractivity contribution in [3.05, 3.63) is 29.8 Å². The lowest BCUT2D eigenvalue weighted by molar-refractivity contribution is -0.954. The van der Waals surface area contributed by atoms with Gasteiger partial charge >= 0.3 is 5.76 Å². The van der Waals surface area contributed by atoms with E-state index in [1.165, 1.54) is 17.0 Å². The standard InChI is InChI=1S/C16H22F2N2O4S/c1-16(2,20-7-9-24-10-8-20)11-19-14(21)12-3-5-13(6-4-12)25(22,23)15(17)18/h3-6,15H,7-11H2,1-2H3,(H,19,21)/p+1. The highest BCUT2D eigenvalue weighted by Gasteiger charge is 2.32. The second kappa shape index (κ2) is 7.76. The number of quaternary nitrogens is 1. The lowest BCUT2D eigenvalue weighted by Crippen LogP contribution is -3.22. The fourth-order valence-corrected chi connectivity index (χ4v) is 3.44. The van der Waals surface area contributed by atoms with Gasteiger partial charge in [-0.25, -0.2) is 8.42 Å². The third-order valence-electron chi connectivity index (χ3n) is 4.42. The van der Waals surface area contributed by atoms with E-state index in [4.69, 9.17) is 4.74 Å². The molecule has 0 atom stereocenters. The van der Waals surface area contributed by atoms with Gasteiger partial charge in [-0.2, -0.15) is 8.78 Å². The first-order chi connectivity index (χ1) is 11.6. The van der Waals surface area contributed by atoms with E-state index in [1.54, 1.807) is 0 Å². The molecule has 1 aliphatic heterocycles. The molecular formula is C16H23F2N2O4S+. The Kier molecular flexibility index (Phi) is 6.12. The van der Waals surface area contributed by atoms with Gasteiger partial charge in [0.2, 0.25) is 9.84 Å². The lowest BCUT2D eigenvalue weighted by atomic mass is 10.0. The van der Waals surface area contributed by atoms with E-state index in [2.05, 4.69) is 5.32 Å². The first-order valence-electron chi connectivity index (χ1n) is 7.98. The number of morpholine rings is 1. The molecule has 0 saturated carbocycles. The minimum atomic E-state index is -4.65. The Morgan fingerprint density at radius 1 is 1.24 bits per heavy atom. The third-order valence-corrected chi connectivity index (χ3v) is 5.82. The van der Waals surface area contributed by atoms with Crippen molar-refractivity contribution < 1.29 is 31.6 Å². The molecule has 2 rings (SSSR count). The molecule has 6 nitrogen and oxygen atoms in total. The molecule has 0 bridgehead atoms. The number of halogens is 2. The number of carbonyl (C=O) groups excluding carboxylic acids is 1. The summed E-state index contributed by atoms with van der Waals surface area (Å²) in [5.41, 5.74) is 0.0410. The number of rotatable bonds is 6. The van der Waals surface area contributed by atoms with Crippen LogP contribution in [0.4, 0.5) is 8.78 Å². The molecule has 0 aromatic heterocycles. The van der Waals surface area contributed by atoms with Crippen molar-refractivity contribution in [1.29, 1.82) is 0 Å². The molecule has 0 aliphatic carbocycles. The lowest BCUT2D eigenvalue weighted by Gasteiger charge is -2.37. The zero-order chi connectivity index (χ0) is 18.7. The van der Waals surface area contributed by atoms with Crippen LogP contribution in [0.15, 0.2) is 29.2 Å². The van der Waals surface area contributed by atoms with Crippen LogP contribution in [0.3, 0.4) is 0 Å². The molecule has 9 heteroatoms. The van der Waals surface area contributed by atoms with Gasteiger partial charge in [0, 0.05) is 5.56 Å². The molecule has 0 unspecified atom stereocenters. The van der Waals surface area contributed by atoms with Crippen LogP contribution in [0.25, 0.3) is 0 Å². The summed E-state index contributed by atoms with van der Waals surface area (Å²) in [5, 5.41) is 2.82. The second-order valence-corrected chi connectivity index (χ2v) is 8.53. The highest BCUT2D eigenvalue weighted by molar-refractivity contribution is 7.91. The van der Waals surface area contributed by atoms with Gasteiger partial charge in [-0.1, -0.05) is 0 Å². The summed E-state index contributed by atoms with van der Waals surface area (Å²) in [6, 6.07) is 4.52. The van der Waals surface area contributed by atoms with Crippen molar-refractivity contribution in [1.82, 2.24) is 5.32 Å². The van der Waals surface area contributed by atoms with Gasteiger partial charge in [-0.15, -0.1) is 0 Å². The Morgan fingerprint density at radius 2 is 1.80 bits per heavy atom. The second-order valence-electron chi connectivity index (χ2n) is 6.61. The molecule has 1 aromatic rings. The highest BCUT2D eigenvalue weighted by atomic mass is 32.2. The van der Waals surface area contributed by atoms with E-state index in [0.717, 1.165) is 25.2 Å². The fraction of sp³-hybridized carbons (Fsp3) is 0.562. The summed E-state index contributed by atoms with van der Waals surface area (Å²) >= 11 is 0. The van der Waals surface area contributed by atoms with Crippen LogP contribution in [0, 0.1) is 0 Å². The quantitative estimate of drug-likeness (QED) is 0.738. The van der Waals surface area contributed by atoms with Gasteiger partial charge in [0.15, 0.2) is 0 Å². The predicted molar refractivity (Wildman–Crippen MR) is 87.6 cm³/mol. The summed E-state index contributed by atoms with van der Waals surface area (Å²) in [6.07, 6.45) is 0. The topological polar surface area (TPSA) is 76.9 Å². The summed E-state index contributed by atoms with van der Waals surface area (Å²) in [7, 11) is -4.65. The minimum Gasteiger partial charge on any atom is -0.370 e. The summed E-state index contributed by atoms with van der Waals surface area (Å²) in [4.78, 5) is 13.1. The van der Waals surface area contributed by atoms with Crippen molar-refractivity contribution in [2.45, 2.75) is 30.0 Å². The molecule has 1 amide bonds. The summed E-state index contributed by atoms with van der Waals surface area (Å²) in [6.45, 7) is 7.63. The van der Waals surface area contributed by atoms with E-state index >= 15 is 0 Å². The van der Waals surface area contributed by atoms with Crippen molar-refractivity contribution in [3.63, 3.8) is 0 Å². The first-order valence-corrected chi connectivity index (χ1v) is 9.52. The number of hydrogen-bond acceptors (Lipinski definition) is 4. The number of sulfone groups is 1. The maximum absolute atomic E-state index is 12.5. The van der Waals surface area contributed by atoms with Crippen LogP contribution >= 0.6 is 0 Å². The van der Waals surface area contributed by atoms with E-state index in [0.29, 0.717) is 19.8 Å². The highest BCUT2D eigenvalue weighted by Crippen LogP contribution is 2.18. The van der Waals surface area contributed by atoms with Crippen molar-refractivity contribution in [3.8, 4) is 0 Å². The van der Waals surface area contributed by atoms with E-state index in [-0.39, 0.29) is 17.0 Å². The number of amides is 1. The number of alkyl halides is 2. The normalized spacial score (nSPS) is 16.8. The van der Waals surface area contributed by atoms with Gasteiger partial charge in [-0.05, 0) is 38.1 Å². The van der Waals surface area contributed by atoms with Crippen molar-refractivity contribution in [2.75, 3.05) is 32.8 Å². The molecule has 1 fully saturated rings. The van der Waals surface area contributed by atoms with Crippen LogP contribution in [0.1, 0.15) is 24.2 Å². The number of benzene rings is 1. The van der Waals surface area contributed by atoms with Gasteiger partial charge in [0.25, 0.3) is 5.91 Å². The van der Waals surface area contributed by atoms with Crippen LogP contribution < -0.4 is 10.2 Å². The maximum Gasteiger partial charge on any atom is 0.341 e. The molecule has 1 aliphatic rings. The largest absolute Gasteiger partial charge is 0.370 e. The van der Waals surface area contributed by atoms with Crippen LogP contribution in [-0.2, 0) is 14.6 Å². The molecule has 25 heavy (non-hydrogen) atoms. The van der Waals surface area contributed by atoms with E-state index in [1.807, 2.05) is 13.8 Å². The minimum absolute atomic E-state index is 0.182. The molecule has 1 aromatic carbocycles. The Bertz CT molecular complexity index is 699. The number of hydrogen-bond donors (Lipinski definition) is 2. The summed E-state index contributed by atoms with van der Waals surface area (Å²) in [5.74, 6) is -3.86. The van der Waals surface area contributed by atoms with E-state index < -0.39 is 20.5 Å². The SMILES string of the molecule is CC(C)(CNC(=O)c1ccc(S(=O)(=O)C(F)F)cc1)[NH+]1CCOCC1. The molecule has 1 heterocycles. The fourth-order valence-electron chi connectivity index (χ4n) is 2.72. The Morgan fingerprint density at radius 3 is 2.32 bits per heavy atom. The third kappa shape index (κ3) is 4.74. The van der Waals surface area contributed by atoms with Gasteiger partial charge in [0.1, 0.15) is 18.6 Å². The zero-order valence-corrected chi connectivity index (χ0v) is 15.0. The Hall–Kier alpha value is -1.58. The average molecular weight is 377 g/mol. The number of carbonyl (C=O) groups is 1. The molecule has 2 N–H and O–H groups in total. The number of ether oxygens (including phenoxy) is 1. The molecule has 0 radical (unpaired) electrons.